The highest BCUT2D eigenvalue weighted by Crippen LogP contribution is 2.38. The Morgan fingerprint density at radius 2 is 2.38 bits per heavy atom. The van der Waals surface area contributed by atoms with Gasteiger partial charge in [0.05, 0.1) is 13.2 Å². The van der Waals surface area contributed by atoms with Crippen LogP contribution in [0.15, 0.2) is 5.16 Å². The summed E-state index contributed by atoms with van der Waals surface area (Å²) < 4.78 is 5.18. The van der Waals surface area contributed by atoms with E-state index in [1.807, 2.05) is 6.21 Å². The van der Waals surface area contributed by atoms with Crippen LogP contribution in [0.25, 0.3) is 0 Å². The number of ether oxygens (including phenoxy) is 1. The van der Waals surface area contributed by atoms with Gasteiger partial charge in [0, 0.05) is 18.1 Å². The van der Waals surface area contributed by atoms with Gasteiger partial charge in [0.25, 0.3) is 0 Å². The fourth-order valence-corrected chi connectivity index (χ4v) is 1.70. The van der Waals surface area contributed by atoms with Crippen LogP contribution in [0.2, 0.25) is 0 Å². The molecule has 0 bridgehead atoms. The van der Waals surface area contributed by atoms with Gasteiger partial charge in [-0.1, -0.05) is 18.5 Å². The van der Waals surface area contributed by atoms with Crippen molar-refractivity contribution >= 4 is 6.21 Å². The van der Waals surface area contributed by atoms with Crippen LogP contribution in [0.4, 0.5) is 0 Å². The second-order valence-electron chi connectivity index (χ2n) is 4.33. The van der Waals surface area contributed by atoms with Gasteiger partial charge in [-0.15, -0.1) is 0 Å². The van der Waals surface area contributed by atoms with Crippen LogP contribution in [0.3, 0.4) is 0 Å². The van der Waals surface area contributed by atoms with Crippen LogP contribution in [0.5, 0.6) is 0 Å². The summed E-state index contributed by atoms with van der Waals surface area (Å²) in [5.74, 6) is 0. The van der Waals surface area contributed by atoms with Crippen LogP contribution in [0.1, 0.15) is 32.6 Å². The molecule has 2 fully saturated rings. The van der Waals surface area contributed by atoms with Gasteiger partial charge in [0.2, 0.25) is 0 Å². The molecule has 1 aliphatic heterocycles. The van der Waals surface area contributed by atoms with E-state index in [1.54, 1.807) is 0 Å². The van der Waals surface area contributed by atoms with Crippen molar-refractivity contribution in [2.24, 2.45) is 10.6 Å². The zero-order valence-corrected chi connectivity index (χ0v) is 8.16. The summed E-state index contributed by atoms with van der Waals surface area (Å²) in [5.41, 5.74) is 0.319. The predicted octanol–water partition coefficient (Wildman–Crippen LogP) is 1.97. The molecule has 1 heterocycles. The Kier molecular flexibility index (Phi) is 2.54. The molecule has 3 nitrogen and oxygen atoms in total. The highest BCUT2D eigenvalue weighted by atomic mass is 16.7. The molecule has 0 N–H and O–H groups in total. The Hall–Kier alpha value is -0.570. The van der Waals surface area contributed by atoms with E-state index >= 15 is 0 Å². The summed E-state index contributed by atoms with van der Waals surface area (Å²) >= 11 is 0. The lowest BCUT2D eigenvalue weighted by molar-refractivity contribution is 0.0457. The fraction of sp³-hybridized carbons (Fsp3) is 0.900. The largest absolute Gasteiger partial charge is 0.390 e. The molecular weight excluding hydrogens is 166 g/mol. The summed E-state index contributed by atoms with van der Waals surface area (Å²) in [5, 5.41) is 4.04. The van der Waals surface area contributed by atoms with Crippen LogP contribution < -0.4 is 0 Å². The summed E-state index contributed by atoms with van der Waals surface area (Å²) in [6.07, 6.45) is 6.97. The maximum atomic E-state index is 5.32. The Morgan fingerprint density at radius 3 is 2.92 bits per heavy atom. The normalized spacial score (nSPS) is 31.9. The molecule has 1 saturated carbocycles. The average Bonchev–Trinajstić information content (AvgIpc) is 2.54. The molecule has 0 aromatic heterocycles. The van der Waals surface area contributed by atoms with Crippen molar-refractivity contribution in [3.63, 3.8) is 0 Å². The lowest BCUT2D eigenvalue weighted by Gasteiger charge is -2.33. The molecule has 3 heteroatoms. The van der Waals surface area contributed by atoms with Crippen LogP contribution >= 0.6 is 0 Å². The highest BCUT2D eigenvalue weighted by Gasteiger charge is 2.30. The predicted molar refractivity (Wildman–Crippen MR) is 50.8 cm³/mol. The number of nitrogens with zero attached hydrogens (tertiary/aromatic N) is 1. The average molecular weight is 183 g/mol. The SMILES string of the molecule is CC1(/C=N/OC2CCOC2)CCC1. The first-order valence-electron chi connectivity index (χ1n) is 5.07. The van der Waals surface area contributed by atoms with E-state index in [0.29, 0.717) is 12.0 Å². The third-order valence-electron chi connectivity index (χ3n) is 2.96. The molecule has 74 valence electrons. The first-order chi connectivity index (χ1) is 6.29. The van der Waals surface area contributed by atoms with E-state index in [9.17, 15) is 0 Å². The van der Waals surface area contributed by atoms with E-state index in [2.05, 4.69) is 12.1 Å². The van der Waals surface area contributed by atoms with Crippen molar-refractivity contribution in [1.82, 2.24) is 0 Å². The topological polar surface area (TPSA) is 30.8 Å². The number of hydrogen-bond donors (Lipinski definition) is 0. The van der Waals surface area contributed by atoms with E-state index in [1.165, 1.54) is 19.3 Å². The van der Waals surface area contributed by atoms with E-state index in [0.717, 1.165) is 13.0 Å². The molecule has 1 saturated heterocycles. The molecule has 1 unspecified atom stereocenters. The first kappa shape index (κ1) is 9.00. The quantitative estimate of drug-likeness (QED) is 0.494. The molecule has 2 aliphatic rings. The van der Waals surface area contributed by atoms with Crippen molar-refractivity contribution in [2.75, 3.05) is 13.2 Å². The number of rotatable bonds is 3. The molecule has 0 aromatic carbocycles. The minimum atomic E-state index is 0.194. The molecule has 0 amide bonds. The third kappa shape index (κ3) is 2.21. The Balaban J connectivity index is 1.71. The van der Waals surface area contributed by atoms with Crippen molar-refractivity contribution in [3.05, 3.63) is 0 Å². The van der Waals surface area contributed by atoms with E-state index < -0.39 is 0 Å². The zero-order chi connectivity index (χ0) is 9.15. The van der Waals surface area contributed by atoms with E-state index in [4.69, 9.17) is 9.57 Å². The maximum Gasteiger partial charge on any atom is 0.152 e. The molecule has 1 atom stereocenters. The maximum absolute atomic E-state index is 5.32. The summed E-state index contributed by atoms with van der Waals surface area (Å²) in [6.45, 7) is 3.75. The van der Waals surface area contributed by atoms with Crippen molar-refractivity contribution in [1.29, 1.82) is 0 Å². The van der Waals surface area contributed by atoms with Crippen molar-refractivity contribution in [3.8, 4) is 0 Å². The van der Waals surface area contributed by atoms with Gasteiger partial charge >= 0.3 is 0 Å². The molecule has 0 aromatic rings. The molecule has 1 aliphatic carbocycles. The van der Waals surface area contributed by atoms with Crippen molar-refractivity contribution < 1.29 is 9.57 Å². The second kappa shape index (κ2) is 3.66. The van der Waals surface area contributed by atoms with E-state index in [-0.39, 0.29) is 6.10 Å². The lowest BCUT2D eigenvalue weighted by atomic mass is 9.72. The molecule has 13 heavy (non-hydrogen) atoms. The van der Waals surface area contributed by atoms with Gasteiger partial charge in [0.15, 0.2) is 6.10 Å². The van der Waals surface area contributed by atoms with Gasteiger partial charge in [-0.25, -0.2) is 0 Å². The second-order valence-corrected chi connectivity index (χ2v) is 4.33. The molecule has 0 spiro atoms. The Bertz CT molecular complexity index is 193. The standard InChI is InChI=1S/C10H17NO2/c1-10(4-2-5-10)8-11-13-9-3-6-12-7-9/h8-9H,2-7H2,1H3/b11-8+. The van der Waals surface area contributed by atoms with Crippen LogP contribution in [-0.4, -0.2) is 25.5 Å². The number of hydrogen-bond acceptors (Lipinski definition) is 3. The summed E-state index contributed by atoms with van der Waals surface area (Å²) in [4.78, 5) is 5.32. The first-order valence-corrected chi connectivity index (χ1v) is 5.07. The van der Waals surface area contributed by atoms with Crippen LogP contribution in [0, 0.1) is 5.41 Å². The van der Waals surface area contributed by atoms with Gasteiger partial charge in [-0.05, 0) is 12.8 Å². The van der Waals surface area contributed by atoms with Gasteiger partial charge < -0.3 is 9.57 Å². The van der Waals surface area contributed by atoms with Gasteiger partial charge in [-0.3, -0.25) is 0 Å². The highest BCUT2D eigenvalue weighted by molar-refractivity contribution is 5.65. The minimum absolute atomic E-state index is 0.194. The molecule has 0 radical (unpaired) electrons. The third-order valence-corrected chi connectivity index (χ3v) is 2.96. The van der Waals surface area contributed by atoms with Crippen molar-refractivity contribution in [2.45, 2.75) is 38.7 Å². The number of oxime groups is 1. The fourth-order valence-electron chi connectivity index (χ4n) is 1.70. The monoisotopic (exact) mass is 183 g/mol. The minimum Gasteiger partial charge on any atom is -0.390 e. The Morgan fingerprint density at radius 1 is 1.54 bits per heavy atom. The van der Waals surface area contributed by atoms with Gasteiger partial charge in [-0.2, -0.15) is 0 Å². The summed E-state index contributed by atoms with van der Waals surface area (Å²) in [6, 6.07) is 0. The van der Waals surface area contributed by atoms with Crippen LogP contribution in [-0.2, 0) is 9.57 Å². The lowest BCUT2D eigenvalue weighted by Crippen LogP contribution is -2.27. The zero-order valence-electron chi connectivity index (χ0n) is 8.16. The molecular formula is C10H17NO2. The summed E-state index contributed by atoms with van der Waals surface area (Å²) in [7, 11) is 0. The molecule has 2 rings (SSSR count). The van der Waals surface area contributed by atoms with Gasteiger partial charge in [0.1, 0.15) is 0 Å². The Labute approximate surface area is 79.1 Å². The smallest absolute Gasteiger partial charge is 0.152 e.